The van der Waals surface area contributed by atoms with Crippen molar-refractivity contribution in [2.24, 2.45) is 7.05 Å². The molecular formula is C34H34N6O3. The van der Waals surface area contributed by atoms with Gasteiger partial charge in [-0.05, 0) is 56.8 Å². The molecule has 9 nitrogen and oxygen atoms in total. The minimum Gasteiger partial charge on any atom is -0.496 e. The third-order valence-electron chi connectivity index (χ3n) is 8.77. The maximum Gasteiger partial charge on any atom is 0.254 e. The Morgan fingerprint density at radius 2 is 1.63 bits per heavy atom. The van der Waals surface area contributed by atoms with E-state index in [0.29, 0.717) is 5.82 Å². The molecule has 0 spiro atoms. The van der Waals surface area contributed by atoms with E-state index in [1.165, 1.54) is 0 Å². The van der Waals surface area contributed by atoms with Crippen LogP contribution in [0.3, 0.4) is 0 Å². The second-order valence-electron chi connectivity index (χ2n) is 11.4. The number of carbonyl (C=O) groups excluding carboxylic acids is 1. The highest BCUT2D eigenvalue weighted by molar-refractivity contribution is 6.18. The Morgan fingerprint density at radius 1 is 0.884 bits per heavy atom. The second-order valence-corrected chi connectivity index (χ2v) is 11.4. The van der Waals surface area contributed by atoms with Crippen LogP contribution in [0.5, 0.6) is 5.75 Å². The molecule has 0 atom stereocenters. The number of rotatable bonds is 4. The quantitative estimate of drug-likeness (QED) is 0.258. The third-order valence-corrected chi connectivity index (χ3v) is 8.77. The molecule has 0 unspecified atom stereocenters. The molecule has 1 aliphatic heterocycles. The van der Waals surface area contributed by atoms with Crippen LogP contribution in [0.4, 0.5) is 0 Å². The predicted molar refractivity (Wildman–Crippen MR) is 169 cm³/mol. The van der Waals surface area contributed by atoms with Gasteiger partial charge >= 0.3 is 0 Å². The van der Waals surface area contributed by atoms with E-state index >= 15 is 0 Å². The van der Waals surface area contributed by atoms with Crippen molar-refractivity contribution >= 4 is 38.6 Å². The number of nitrogens with zero attached hydrogens (tertiary/aromatic N) is 6. The number of fused-ring (bicyclic) bond motifs is 4. The van der Waals surface area contributed by atoms with Crippen molar-refractivity contribution < 1.29 is 14.1 Å². The number of aryl methyl sites for hydroxylation is 4. The Kier molecular flexibility index (Phi) is 6.43. The fourth-order valence-electron chi connectivity index (χ4n) is 6.51. The standard InChI is InChI=1S/C34H34N6O3/c1-19-30(20(2)43-37-19)27-17-28-26(18-29(27)42-6)31-32(35-21(3)36-33(31)39(28)5)24-11-12-25(23-10-8-7-9-22(23)24)34(41)40-15-13-38(4)14-16-40/h7-12,17-18H,13-16H2,1-6H3. The maximum absolute atomic E-state index is 13.7. The van der Waals surface area contributed by atoms with Gasteiger partial charge in [-0.15, -0.1) is 0 Å². The second kappa shape index (κ2) is 10.2. The van der Waals surface area contributed by atoms with Gasteiger partial charge in [0.05, 0.1) is 35.0 Å². The van der Waals surface area contributed by atoms with E-state index in [1.807, 2.05) is 63.1 Å². The Balaban J connectivity index is 1.47. The van der Waals surface area contributed by atoms with Gasteiger partial charge in [-0.2, -0.15) is 0 Å². The molecule has 4 heterocycles. The molecule has 1 amide bonds. The number of methoxy groups -OCH3 is 1. The first-order chi connectivity index (χ1) is 20.8. The zero-order valence-corrected chi connectivity index (χ0v) is 25.4. The lowest BCUT2D eigenvalue weighted by molar-refractivity contribution is 0.0666. The lowest BCUT2D eigenvalue weighted by Crippen LogP contribution is -2.47. The van der Waals surface area contributed by atoms with Crippen LogP contribution in [0.1, 0.15) is 27.6 Å². The molecule has 9 heteroatoms. The van der Waals surface area contributed by atoms with Gasteiger partial charge in [0.15, 0.2) is 0 Å². The van der Waals surface area contributed by atoms with Crippen molar-refractivity contribution in [3.05, 3.63) is 71.4 Å². The highest BCUT2D eigenvalue weighted by atomic mass is 16.5. The molecule has 218 valence electrons. The van der Waals surface area contributed by atoms with Gasteiger partial charge in [0.2, 0.25) is 0 Å². The Labute approximate surface area is 249 Å². The number of hydrogen-bond donors (Lipinski definition) is 0. The minimum absolute atomic E-state index is 0.0709. The molecule has 1 fully saturated rings. The van der Waals surface area contributed by atoms with Gasteiger partial charge in [0, 0.05) is 55.3 Å². The number of hydrogen-bond acceptors (Lipinski definition) is 7. The Bertz CT molecular complexity index is 2050. The SMILES string of the molecule is COc1cc2c3c(-c4ccc(C(=O)N5CCN(C)CC5)c5ccccc45)nc(C)nc3n(C)c2cc1-c1c(C)noc1C. The van der Waals surface area contributed by atoms with Crippen LogP contribution >= 0.6 is 0 Å². The first-order valence-electron chi connectivity index (χ1n) is 14.5. The summed E-state index contributed by atoms with van der Waals surface area (Å²) in [6.45, 7) is 8.98. The average molecular weight is 575 g/mol. The molecule has 3 aromatic heterocycles. The summed E-state index contributed by atoms with van der Waals surface area (Å²) < 4.78 is 13.5. The van der Waals surface area contributed by atoms with Gasteiger partial charge in [-0.3, -0.25) is 4.79 Å². The smallest absolute Gasteiger partial charge is 0.254 e. The summed E-state index contributed by atoms with van der Waals surface area (Å²) in [5.74, 6) is 2.21. The highest BCUT2D eigenvalue weighted by Crippen LogP contribution is 2.43. The maximum atomic E-state index is 13.7. The number of ether oxygens (including phenoxy) is 1. The summed E-state index contributed by atoms with van der Waals surface area (Å²) in [4.78, 5) is 27.8. The van der Waals surface area contributed by atoms with E-state index < -0.39 is 0 Å². The van der Waals surface area contributed by atoms with Crippen molar-refractivity contribution in [3.8, 4) is 28.1 Å². The Morgan fingerprint density at radius 3 is 2.33 bits per heavy atom. The molecule has 1 saturated heterocycles. The molecular weight excluding hydrogens is 540 g/mol. The first-order valence-corrected chi connectivity index (χ1v) is 14.5. The third kappa shape index (κ3) is 4.26. The number of amides is 1. The number of likely N-dealkylation sites (N-methyl/N-ethyl adjacent to an activating group) is 1. The topological polar surface area (TPSA) is 89.5 Å². The lowest BCUT2D eigenvalue weighted by atomic mass is 9.94. The molecule has 0 aliphatic carbocycles. The normalized spacial score (nSPS) is 14.3. The van der Waals surface area contributed by atoms with Crippen molar-refractivity contribution in [2.45, 2.75) is 20.8 Å². The zero-order chi connectivity index (χ0) is 30.0. The van der Waals surface area contributed by atoms with Crippen LogP contribution in [-0.4, -0.2) is 75.7 Å². The molecule has 3 aromatic carbocycles. The number of piperazine rings is 1. The number of benzene rings is 3. The van der Waals surface area contributed by atoms with Gasteiger partial charge in [0.1, 0.15) is 23.0 Å². The van der Waals surface area contributed by atoms with Gasteiger partial charge < -0.3 is 23.6 Å². The summed E-state index contributed by atoms with van der Waals surface area (Å²) in [6, 6.07) is 16.3. The van der Waals surface area contributed by atoms with Gasteiger partial charge in [-0.1, -0.05) is 35.5 Å². The highest BCUT2D eigenvalue weighted by Gasteiger charge is 2.26. The number of aromatic nitrogens is 4. The summed E-state index contributed by atoms with van der Waals surface area (Å²) >= 11 is 0. The molecule has 7 rings (SSSR count). The van der Waals surface area contributed by atoms with Gasteiger partial charge in [-0.25, -0.2) is 9.97 Å². The van der Waals surface area contributed by atoms with Crippen molar-refractivity contribution in [2.75, 3.05) is 40.3 Å². The van der Waals surface area contributed by atoms with Crippen LogP contribution in [0.2, 0.25) is 0 Å². The van der Waals surface area contributed by atoms with Crippen molar-refractivity contribution in [1.29, 1.82) is 0 Å². The zero-order valence-electron chi connectivity index (χ0n) is 25.4. The molecule has 0 saturated carbocycles. The summed E-state index contributed by atoms with van der Waals surface area (Å²) in [6.07, 6.45) is 0. The van der Waals surface area contributed by atoms with Crippen LogP contribution in [-0.2, 0) is 7.05 Å². The molecule has 0 radical (unpaired) electrons. The monoisotopic (exact) mass is 574 g/mol. The molecule has 0 N–H and O–H groups in total. The van der Waals surface area contributed by atoms with Crippen LogP contribution in [0.15, 0.2) is 53.1 Å². The summed E-state index contributed by atoms with van der Waals surface area (Å²) in [5, 5.41) is 8.01. The van der Waals surface area contributed by atoms with Crippen LogP contribution < -0.4 is 4.74 Å². The lowest BCUT2D eigenvalue weighted by Gasteiger charge is -2.32. The van der Waals surface area contributed by atoms with Crippen molar-refractivity contribution in [3.63, 3.8) is 0 Å². The predicted octanol–water partition coefficient (Wildman–Crippen LogP) is 5.92. The minimum atomic E-state index is 0.0709. The van der Waals surface area contributed by atoms with Crippen LogP contribution in [0, 0.1) is 20.8 Å². The fraction of sp³-hybridized carbons (Fsp3) is 0.294. The summed E-state index contributed by atoms with van der Waals surface area (Å²) in [7, 11) is 5.80. The van der Waals surface area contributed by atoms with E-state index in [9.17, 15) is 4.79 Å². The van der Waals surface area contributed by atoms with E-state index in [-0.39, 0.29) is 5.91 Å². The molecule has 1 aliphatic rings. The first kappa shape index (κ1) is 27.1. The van der Waals surface area contributed by atoms with Crippen LogP contribution in [0.25, 0.3) is 55.1 Å². The van der Waals surface area contributed by atoms with E-state index in [4.69, 9.17) is 19.2 Å². The summed E-state index contributed by atoms with van der Waals surface area (Å²) in [5.41, 5.74) is 6.99. The average Bonchev–Trinajstić information content (AvgIpc) is 3.49. The van der Waals surface area contributed by atoms with E-state index in [1.54, 1.807) is 7.11 Å². The fourth-order valence-corrected chi connectivity index (χ4v) is 6.51. The Hall–Kier alpha value is -4.76. The van der Waals surface area contributed by atoms with E-state index in [2.05, 4.69) is 39.9 Å². The largest absolute Gasteiger partial charge is 0.496 e. The molecule has 0 bridgehead atoms. The molecule has 6 aromatic rings. The van der Waals surface area contributed by atoms with Crippen molar-refractivity contribution in [1.82, 2.24) is 29.5 Å². The molecule has 43 heavy (non-hydrogen) atoms. The number of carbonyl (C=O) groups is 1. The van der Waals surface area contributed by atoms with E-state index in [0.717, 1.165) is 104 Å². The van der Waals surface area contributed by atoms with Gasteiger partial charge in [0.25, 0.3) is 5.91 Å².